The fourth-order valence-corrected chi connectivity index (χ4v) is 5.30. The van der Waals surface area contributed by atoms with Crippen LogP contribution in [0.1, 0.15) is 40.0 Å². The molecule has 0 saturated heterocycles. The maximum absolute atomic E-state index is 12.6. The van der Waals surface area contributed by atoms with Gasteiger partial charge in [0, 0.05) is 17.3 Å². The summed E-state index contributed by atoms with van der Waals surface area (Å²) in [5, 5.41) is 19.4. The van der Waals surface area contributed by atoms with Gasteiger partial charge in [-0.2, -0.15) is 0 Å². The van der Waals surface area contributed by atoms with E-state index in [0.29, 0.717) is 5.92 Å². The molecule has 18 heavy (non-hydrogen) atoms. The zero-order valence-electron chi connectivity index (χ0n) is 11.6. The number of aliphatic hydroxyl groups is 2. The molecule has 0 aromatic carbocycles. The first kappa shape index (κ1) is 12.6. The third-order valence-corrected chi connectivity index (χ3v) is 6.38. The molecule has 3 nitrogen and oxygen atoms in total. The maximum Gasteiger partial charge on any atom is 0.142 e. The van der Waals surface area contributed by atoms with Crippen molar-refractivity contribution in [3.8, 4) is 0 Å². The molecule has 3 aliphatic carbocycles. The van der Waals surface area contributed by atoms with Crippen LogP contribution in [0.15, 0.2) is 0 Å². The number of rotatable bonds is 2. The van der Waals surface area contributed by atoms with Crippen molar-refractivity contribution in [1.82, 2.24) is 0 Å². The quantitative estimate of drug-likeness (QED) is 0.785. The molecule has 0 heterocycles. The van der Waals surface area contributed by atoms with Crippen LogP contribution in [0.4, 0.5) is 0 Å². The van der Waals surface area contributed by atoms with Gasteiger partial charge in [0.15, 0.2) is 0 Å². The average Bonchev–Trinajstić information content (AvgIpc) is 2.77. The Bertz CT molecular complexity index is 403. The maximum atomic E-state index is 12.6. The van der Waals surface area contributed by atoms with E-state index in [0.717, 1.165) is 19.3 Å². The molecule has 2 N–H and O–H groups in total. The van der Waals surface area contributed by atoms with Crippen LogP contribution in [-0.2, 0) is 4.79 Å². The van der Waals surface area contributed by atoms with Gasteiger partial charge >= 0.3 is 0 Å². The molecule has 0 spiro atoms. The molecule has 0 bridgehead atoms. The zero-order chi connectivity index (χ0) is 13.3. The van der Waals surface area contributed by atoms with Crippen molar-refractivity contribution in [3.05, 3.63) is 0 Å². The third kappa shape index (κ3) is 1.25. The molecule has 102 valence electrons. The van der Waals surface area contributed by atoms with Crippen molar-refractivity contribution in [1.29, 1.82) is 0 Å². The van der Waals surface area contributed by atoms with E-state index in [2.05, 4.69) is 20.8 Å². The topological polar surface area (TPSA) is 57.5 Å². The number of Topliss-reactive ketones (excluding diaryl/α,β-unsaturated/α-hetero) is 1. The van der Waals surface area contributed by atoms with E-state index in [1.54, 1.807) is 0 Å². The van der Waals surface area contributed by atoms with Gasteiger partial charge in [-0.05, 0) is 36.0 Å². The molecule has 0 aliphatic heterocycles. The van der Waals surface area contributed by atoms with Gasteiger partial charge < -0.3 is 10.2 Å². The van der Waals surface area contributed by atoms with Crippen molar-refractivity contribution >= 4 is 5.78 Å². The molecular formula is C15H24O3. The molecule has 0 aromatic heterocycles. The van der Waals surface area contributed by atoms with Gasteiger partial charge in [-0.1, -0.05) is 20.8 Å². The van der Waals surface area contributed by atoms with Crippen LogP contribution in [0.5, 0.6) is 0 Å². The second-order valence-electron chi connectivity index (χ2n) is 7.83. The van der Waals surface area contributed by atoms with E-state index >= 15 is 0 Å². The summed E-state index contributed by atoms with van der Waals surface area (Å²) in [5.41, 5.74) is -0.0238. The van der Waals surface area contributed by atoms with Crippen molar-refractivity contribution in [2.75, 3.05) is 13.2 Å². The number of aliphatic hydroxyl groups excluding tert-OH is 2. The number of carbonyl (C=O) groups is 1. The van der Waals surface area contributed by atoms with E-state index in [1.807, 2.05) is 0 Å². The molecule has 3 saturated carbocycles. The lowest BCUT2D eigenvalue weighted by Gasteiger charge is -2.40. The molecule has 5 atom stereocenters. The lowest BCUT2D eigenvalue weighted by Crippen LogP contribution is -2.46. The second-order valence-corrected chi connectivity index (χ2v) is 7.83. The Morgan fingerprint density at radius 2 is 1.89 bits per heavy atom. The minimum Gasteiger partial charge on any atom is -0.396 e. The molecule has 3 fully saturated rings. The van der Waals surface area contributed by atoms with Gasteiger partial charge in [-0.25, -0.2) is 0 Å². The second kappa shape index (κ2) is 3.37. The van der Waals surface area contributed by atoms with Crippen molar-refractivity contribution in [2.24, 2.45) is 34.0 Å². The molecule has 3 aliphatic rings. The summed E-state index contributed by atoms with van der Waals surface area (Å²) in [6, 6.07) is 0. The lowest BCUT2D eigenvalue weighted by molar-refractivity contribution is -0.140. The summed E-state index contributed by atoms with van der Waals surface area (Å²) in [6.07, 6.45) is 2.94. The van der Waals surface area contributed by atoms with Gasteiger partial charge in [-0.15, -0.1) is 0 Å². The Morgan fingerprint density at radius 1 is 1.22 bits per heavy atom. The fourth-order valence-electron chi connectivity index (χ4n) is 5.30. The van der Waals surface area contributed by atoms with Crippen LogP contribution in [-0.4, -0.2) is 29.2 Å². The summed E-state index contributed by atoms with van der Waals surface area (Å²) >= 11 is 0. The van der Waals surface area contributed by atoms with Crippen LogP contribution < -0.4 is 0 Å². The predicted molar refractivity (Wildman–Crippen MR) is 67.8 cm³/mol. The van der Waals surface area contributed by atoms with E-state index in [-0.39, 0.29) is 47.1 Å². The van der Waals surface area contributed by atoms with Crippen molar-refractivity contribution in [3.63, 3.8) is 0 Å². The minimum absolute atomic E-state index is 0.0457. The summed E-state index contributed by atoms with van der Waals surface area (Å²) in [7, 11) is 0. The Labute approximate surface area is 109 Å². The van der Waals surface area contributed by atoms with Gasteiger partial charge in [0.05, 0.1) is 13.2 Å². The van der Waals surface area contributed by atoms with E-state index in [4.69, 9.17) is 0 Å². The summed E-state index contributed by atoms with van der Waals surface area (Å²) < 4.78 is 0. The molecule has 3 heteroatoms. The number of hydrogen-bond donors (Lipinski definition) is 2. The normalized spacial score (nSPS) is 52.9. The SMILES string of the molecule is CC1(C)CC2C(=O)C(CO)C3(CO)CC3(C)C2C1. The van der Waals surface area contributed by atoms with Crippen LogP contribution in [0.3, 0.4) is 0 Å². The predicted octanol–water partition coefficient (Wildman–Crippen LogP) is 1.62. The van der Waals surface area contributed by atoms with Gasteiger partial charge in [0.2, 0.25) is 0 Å². The molecule has 0 amide bonds. The van der Waals surface area contributed by atoms with E-state index in [9.17, 15) is 15.0 Å². The molecule has 0 aromatic rings. The van der Waals surface area contributed by atoms with Gasteiger partial charge in [0.25, 0.3) is 0 Å². The fraction of sp³-hybridized carbons (Fsp3) is 0.933. The van der Waals surface area contributed by atoms with Crippen LogP contribution in [0.2, 0.25) is 0 Å². The highest BCUT2D eigenvalue weighted by Gasteiger charge is 2.77. The monoisotopic (exact) mass is 252 g/mol. The average molecular weight is 252 g/mol. The van der Waals surface area contributed by atoms with Crippen molar-refractivity contribution < 1.29 is 15.0 Å². The lowest BCUT2D eigenvalue weighted by atomic mass is 9.63. The van der Waals surface area contributed by atoms with Gasteiger partial charge in [-0.3, -0.25) is 4.79 Å². The zero-order valence-corrected chi connectivity index (χ0v) is 11.6. The number of fused-ring (bicyclic) bond motifs is 3. The first-order valence-corrected chi connectivity index (χ1v) is 7.07. The molecule has 0 radical (unpaired) electrons. The number of ketones is 1. The number of hydrogen-bond acceptors (Lipinski definition) is 3. The summed E-state index contributed by atoms with van der Waals surface area (Å²) in [5.74, 6) is 0.416. The Hall–Kier alpha value is -0.410. The number of carbonyl (C=O) groups excluding carboxylic acids is 1. The smallest absolute Gasteiger partial charge is 0.142 e. The Morgan fingerprint density at radius 3 is 2.44 bits per heavy atom. The van der Waals surface area contributed by atoms with Crippen LogP contribution in [0, 0.1) is 34.0 Å². The summed E-state index contributed by atoms with van der Waals surface area (Å²) in [6.45, 7) is 6.64. The standard InChI is InChI=1S/C15H24O3/c1-13(2)4-9-10(5-13)14(3)7-15(14,8-17)11(6-16)12(9)18/h9-11,16-17H,4-8H2,1-3H3. The van der Waals surface area contributed by atoms with Crippen molar-refractivity contribution in [2.45, 2.75) is 40.0 Å². The Kier molecular flexibility index (Phi) is 2.36. The minimum atomic E-state index is -0.331. The molecule has 5 unspecified atom stereocenters. The highest BCUT2D eigenvalue weighted by atomic mass is 16.3. The van der Waals surface area contributed by atoms with E-state index in [1.165, 1.54) is 0 Å². The first-order valence-electron chi connectivity index (χ1n) is 7.07. The largest absolute Gasteiger partial charge is 0.396 e. The molecular weight excluding hydrogens is 228 g/mol. The first-order chi connectivity index (χ1) is 8.31. The highest BCUT2D eigenvalue weighted by molar-refractivity contribution is 5.87. The van der Waals surface area contributed by atoms with Crippen LogP contribution in [0.25, 0.3) is 0 Å². The summed E-state index contributed by atoms with van der Waals surface area (Å²) in [4.78, 5) is 12.6. The highest BCUT2D eigenvalue weighted by Crippen LogP contribution is 2.78. The Balaban J connectivity index is 2.02. The third-order valence-electron chi connectivity index (χ3n) is 6.38. The van der Waals surface area contributed by atoms with Crippen LogP contribution >= 0.6 is 0 Å². The van der Waals surface area contributed by atoms with Gasteiger partial charge in [0.1, 0.15) is 5.78 Å². The molecule has 3 rings (SSSR count). The van der Waals surface area contributed by atoms with E-state index < -0.39 is 0 Å².